The lowest BCUT2D eigenvalue weighted by molar-refractivity contribution is -0.274. The van der Waals surface area contributed by atoms with Crippen molar-refractivity contribution in [3.8, 4) is 5.75 Å². The van der Waals surface area contributed by atoms with Gasteiger partial charge in [0.2, 0.25) is 0 Å². The normalized spacial score (nSPS) is 17.6. The summed E-state index contributed by atoms with van der Waals surface area (Å²) in [4.78, 5) is 7.31. The number of rotatable bonds is 5. The lowest BCUT2D eigenvalue weighted by Crippen LogP contribution is -2.40. The van der Waals surface area contributed by atoms with Crippen molar-refractivity contribution in [3.05, 3.63) is 57.3 Å². The summed E-state index contributed by atoms with van der Waals surface area (Å²) in [6.45, 7) is 3.63. The first kappa shape index (κ1) is 20.7. The molecule has 28 heavy (non-hydrogen) atoms. The Kier molecular flexibility index (Phi) is 5.74. The van der Waals surface area contributed by atoms with E-state index in [4.69, 9.17) is 11.6 Å². The number of thiophene rings is 1. The molecule has 0 spiro atoms. The van der Waals surface area contributed by atoms with E-state index in [1.807, 2.05) is 11.0 Å². The van der Waals surface area contributed by atoms with E-state index in [9.17, 15) is 18.3 Å². The van der Waals surface area contributed by atoms with Crippen LogP contribution in [-0.4, -0.2) is 34.7 Å². The van der Waals surface area contributed by atoms with Gasteiger partial charge in [0, 0.05) is 18.5 Å². The maximum absolute atomic E-state index is 12.4. The monoisotopic (exact) mass is 430 g/mol. The van der Waals surface area contributed by atoms with Gasteiger partial charge in [0.1, 0.15) is 5.75 Å². The van der Waals surface area contributed by atoms with Gasteiger partial charge in [-0.15, -0.1) is 24.5 Å². The summed E-state index contributed by atoms with van der Waals surface area (Å²) >= 11 is 7.45. The van der Waals surface area contributed by atoms with Crippen molar-refractivity contribution in [3.63, 3.8) is 0 Å². The Hall–Kier alpha value is -2.03. The van der Waals surface area contributed by atoms with Crippen LogP contribution in [-0.2, 0) is 0 Å². The van der Waals surface area contributed by atoms with Gasteiger partial charge in [-0.3, -0.25) is 4.99 Å². The molecule has 4 nitrogen and oxygen atoms in total. The average molecular weight is 431 g/mol. The summed E-state index contributed by atoms with van der Waals surface area (Å²) in [5.41, 5.74) is 0.382. The molecule has 1 aromatic carbocycles. The van der Waals surface area contributed by atoms with Crippen LogP contribution >= 0.6 is 22.9 Å². The fourth-order valence-corrected chi connectivity index (χ4v) is 4.00. The summed E-state index contributed by atoms with van der Waals surface area (Å²) in [5.74, 6) is -0.294. The Morgan fingerprint density at radius 3 is 2.39 bits per heavy atom. The van der Waals surface area contributed by atoms with E-state index >= 15 is 0 Å². The van der Waals surface area contributed by atoms with Gasteiger partial charge in [0.15, 0.2) is 6.17 Å². The van der Waals surface area contributed by atoms with Crippen LogP contribution in [0.25, 0.3) is 5.70 Å². The van der Waals surface area contributed by atoms with Gasteiger partial charge in [-0.2, -0.15) is 0 Å². The smallest absolute Gasteiger partial charge is 0.406 e. The third kappa shape index (κ3) is 5.27. The minimum Gasteiger partial charge on any atom is -0.406 e. The molecule has 0 aliphatic carbocycles. The zero-order valence-electron chi connectivity index (χ0n) is 15.1. The molecular formula is C19H18ClF3N2O2S. The highest BCUT2D eigenvalue weighted by Crippen LogP contribution is 2.38. The number of aliphatic hydroxyl groups is 1. The maximum atomic E-state index is 12.4. The highest BCUT2D eigenvalue weighted by molar-refractivity contribution is 7.16. The number of benzene rings is 1. The van der Waals surface area contributed by atoms with Crippen LogP contribution in [0.5, 0.6) is 5.75 Å². The number of β-amino-alcohol motifs (C(OH)–C–C–N with tert-alkyl or cyclic N) is 1. The van der Waals surface area contributed by atoms with Gasteiger partial charge in [0.25, 0.3) is 0 Å². The Bertz CT molecular complexity index is 886. The van der Waals surface area contributed by atoms with Gasteiger partial charge in [-0.05, 0) is 61.9 Å². The van der Waals surface area contributed by atoms with Crippen LogP contribution in [0.2, 0.25) is 4.34 Å². The molecule has 0 fully saturated rings. The lowest BCUT2D eigenvalue weighted by Gasteiger charge is -2.38. The molecule has 0 radical (unpaired) electrons. The topological polar surface area (TPSA) is 45.1 Å². The molecule has 2 aromatic rings. The number of ether oxygens (including phenoxy) is 1. The molecule has 9 heteroatoms. The molecule has 150 valence electrons. The molecule has 3 rings (SSSR count). The van der Waals surface area contributed by atoms with E-state index in [-0.39, 0.29) is 12.3 Å². The van der Waals surface area contributed by atoms with Crippen LogP contribution in [0, 0.1) is 0 Å². The second-order valence-corrected chi connectivity index (χ2v) is 8.62. The largest absolute Gasteiger partial charge is 0.573 e. The Labute approximate surface area is 169 Å². The second kappa shape index (κ2) is 7.77. The van der Waals surface area contributed by atoms with E-state index in [1.165, 1.54) is 23.5 Å². The molecule has 0 saturated heterocycles. The molecule has 1 aliphatic heterocycles. The van der Waals surface area contributed by atoms with E-state index in [1.54, 1.807) is 44.3 Å². The first-order chi connectivity index (χ1) is 13.0. The third-order valence-corrected chi connectivity index (χ3v) is 5.12. The van der Waals surface area contributed by atoms with Crippen molar-refractivity contribution in [2.75, 3.05) is 6.54 Å². The zero-order chi connectivity index (χ0) is 20.5. The molecule has 0 saturated carbocycles. The standard InChI is InChI=1S/C19H18ClF3N2O2S/c1-18(2,26)11-25-14(9-10-24-17(25)15-7-8-16(20)28-15)12-3-5-13(6-4-12)27-19(21,22)23/h3-10,17,26H,11H2,1-2H3. The summed E-state index contributed by atoms with van der Waals surface area (Å²) < 4.78 is 41.7. The average Bonchev–Trinajstić information content (AvgIpc) is 2.99. The maximum Gasteiger partial charge on any atom is 0.573 e. The predicted molar refractivity (Wildman–Crippen MR) is 105 cm³/mol. The molecule has 1 N–H and O–H groups in total. The first-order valence-corrected chi connectivity index (χ1v) is 9.55. The fourth-order valence-electron chi connectivity index (χ4n) is 2.88. The number of nitrogens with zero attached hydrogens (tertiary/aromatic N) is 2. The molecular weight excluding hydrogens is 413 g/mol. The number of aliphatic imine (C=N–C) groups is 1. The van der Waals surface area contributed by atoms with E-state index in [0.29, 0.717) is 9.90 Å². The SMILES string of the molecule is CC(C)(O)CN1C(c2ccc(OC(F)(F)F)cc2)=CC=NC1c1ccc(Cl)s1. The molecule has 1 aliphatic rings. The van der Waals surface area contributed by atoms with Gasteiger partial charge < -0.3 is 14.7 Å². The lowest BCUT2D eigenvalue weighted by atomic mass is 10.0. The Balaban J connectivity index is 1.93. The van der Waals surface area contributed by atoms with E-state index in [2.05, 4.69) is 9.73 Å². The van der Waals surface area contributed by atoms with Crippen LogP contribution in [0.15, 0.2) is 47.5 Å². The minimum absolute atomic E-state index is 0.261. The molecule has 0 amide bonds. The van der Waals surface area contributed by atoms with Crippen LogP contribution in [0.1, 0.15) is 30.5 Å². The zero-order valence-corrected chi connectivity index (χ0v) is 16.6. The van der Waals surface area contributed by atoms with Crippen molar-refractivity contribution in [1.82, 2.24) is 4.90 Å². The van der Waals surface area contributed by atoms with Crippen molar-refractivity contribution in [2.45, 2.75) is 32.0 Å². The van der Waals surface area contributed by atoms with Crippen molar-refractivity contribution in [1.29, 1.82) is 0 Å². The van der Waals surface area contributed by atoms with Crippen LogP contribution in [0.3, 0.4) is 0 Å². The van der Waals surface area contributed by atoms with Crippen molar-refractivity contribution >= 4 is 34.8 Å². The fraction of sp³-hybridized carbons (Fsp3) is 0.316. The molecule has 0 bridgehead atoms. The first-order valence-electron chi connectivity index (χ1n) is 8.36. The number of alkyl halides is 3. The number of allylic oxidation sites excluding steroid dienone is 1. The quantitative estimate of drug-likeness (QED) is 0.681. The second-order valence-electron chi connectivity index (χ2n) is 6.88. The predicted octanol–water partition coefficient (Wildman–Crippen LogP) is 5.50. The Morgan fingerprint density at radius 2 is 1.86 bits per heavy atom. The number of halogens is 4. The molecule has 2 heterocycles. The van der Waals surface area contributed by atoms with Crippen LogP contribution < -0.4 is 4.74 Å². The minimum atomic E-state index is -4.74. The van der Waals surface area contributed by atoms with Gasteiger partial charge in [-0.1, -0.05) is 11.6 Å². The van der Waals surface area contributed by atoms with Crippen LogP contribution in [0.4, 0.5) is 13.2 Å². The van der Waals surface area contributed by atoms with Gasteiger partial charge in [-0.25, -0.2) is 0 Å². The summed E-state index contributed by atoms with van der Waals surface area (Å²) in [6.07, 6.45) is -1.73. The summed E-state index contributed by atoms with van der Waals surface area (Å²) in [5, 5.41) is 10.4. The highest BCUT2D eigenvalue weighted by atomic mass is 35.5. The van der Waals surface area contributed by atoms with E-state index in [0.717, 1.165) is 10.6 Å². The Morgan fingerprint density at radius 1 is 1.18 bits per heavy atom. The summed E-state index contributed by atoms with van der Waals surface area (Å²) in [6, 6.07) is 9.25. The van der Waals surface area contributed by atoms with Crippen molar-refractivity contribution < 1.29 is 23.0 Å². The molecule has 1 unspecified atom stereocenters. The van der Waals surface area contributed by atoms with Crippen molar-refractivity contribution in [2.24, 2.45) is 4.99 Å². The van der Waals surface area contributed by atoms with Gasteiger partial charge in [0.05, 0.1) is 14.8 Å². The third-order valence-electron chi connectivity index (χ3n) is 3.85. The molecule has 1 atom stereocenters. The molecule has 1 aromatic heterocycles. The number of hydrogen-bond acceptors (Lipinski definition) is 5. The highest BCUT2D eigenvalue weighted by Gasteiger charge is 2.32. The van der Waals surface area contributed by atoms with Gasteiger partial charge >= 0.3 is 6.36 Å². The number of hydrogen-bond donors (Lipinski definition) is 1. The van der Waals surface area contributed by atoms with E-state index < -0.39 is 18.1 Å². The summed E-state index contributed by atoms with van der Waals surface area (Å²) in [7, 11) is 0.